The Morgan fingerprint density at radius 3 is 2.79 bits per heavy atom. The van der Waals surface area contributed by atoms with E-state index in [4.69, 9.17) is 14.5 Å². The van der Waals surface area contributed by atoms with Crippen molar-refractivity contribution in [2.75, 3.05) is 36.5 Å². The normalized spacial score (nSPS) is 21.1. The molecule has 1 saturated carbocycles. The Bertz CT molecular complexity index is 1290. The first-order valence-corrected chi connectivity index (χ1v) is 12.0. The summed E-state index contributed by atoms with van der Waals surface area (Å²) in [5, 5.41) is 8.94. The minimum absolute atomic E-state index is 0.146. The standard InChI is InChI=1S/C25H29N7O2/c1-17-13-23-27-16-28-32(23)15-22(17)29-18-4-6-19(7-5-18)34-25-20-3-2-8-26-21(20)14-24(30-25)31-9-11-33-12-10-31/h2-3,8,13-16,18-19,29H,4-7,9-12H2,1H3. The van der Waals surface area contributed by atoms with Gasteiger partial charge in [0.2, 0.25) is 5.88 Å². The van der Waals surface area contributed by atoms with E-state index in [0.29, 0.717) is 11.9 Å². The topological polar surface area (TPSA) is 89.7 Å². The molecule has 0 bridgehead atoms. The van der Waals surface area contributed by atoms with Crippen LogP contribution in [0.4, 0.5) is 11.5 Å². The lowest BCUT2D eigenvalue weighted by atomic mass is 9.92. The van der Waals surface area contributed by atoms with Gasteiger partial charge in [-0.25, -0.2) is 9.50 Å². The summed E-state index contributed by atoms with van der Waals surface area (Å²) in [5.74, 6) is 1.61. The molecule has 0 atom stereocenters. The molecule has 5 heterocycles. The maximum absolute atomic E-state index is 6.51. The number of fused-ring (bicyclic) bond motifs is 2. The monoisotopic (exact) mass is 459 g/mol. The van der Waals surface area contributed by atoms with Gasteiger partial charge in [0.05, 0.1) is 36.0 Å². The lowest BCUT2D eigenvalue weighted by molar-refractivity contribution is 0.122. The fraction of sp³-hybridized carbons (Fsp3) is 0.440. The van der Waals surface area contributed by atoms with E-state index in [1.807, 2.05) is 29.0 Å². The van der Waals surface area contributed by atoms with Gasteiger partial charge >= 0.3 is 0 Å². The smallest absolute Gasteiger partial charge is 0.225 e. The second kappa shape index (κ2) is 9.06. The van der Waals surface area contributed by atoms with E-state index in [-0.39, 0.29) is 6.10 Å². The summed E-state index contributed by atoms with van der Waals surface area (Å²) >= 11 is 0. The van der Waals surface area contributed by atoms with Crippen molar-refractivity contribution in [1.82, 2.24) is 24.6 Å². The minimum Gasteiger partial charge on any atom is -0.474 e. The average molecular weight is 460 g/mol. The van der Waals surface area contributed by atoms with Crippen molar-refractivity contribution < 1.29 is 9.47 Å². The third-order valence-corrected chi connectivity index (χ3v) is 6.82. The number of nitrogens with one attached hydrogen (secondary N) is 1. The summed E-state index contributed by atoms with van der Waals surface area (Å²) in [6.07, 6.45) is 9.62. The summed E-state index contributed by atoms with van der Waals surface area (Å²) in [6, 6.07) is 8.52. The first-order chi connectivity index (χ1) is 16.7. The molecule has 0 spiro atoms. The molecular weight excluding hydrogens is 430 g/mol. The highest BCUT2D eigenvalue weighted by molar-refractivity contribution is 5.85. The molecule has 2 aliphatic rings. The molecule has 176 valence electrons. The number of morpholine rings is 1. The van der Waals surface area contributed by atoms with Crippen LogP contribution in [-0.2, 0) is 4.74 Å². The highest BCUT2D eigenvalue weighted by Gasteiger charge is 2.25. The van der Waals surface area contributed by atoms with Gasteiger partial charge in [-0.3, -0.25) is 4.98 Å². The number of pyridine rings is 3. The SMILES string of the molecule is Cc1cc2ncnn2cc1NC1CCC(Oc2nc(N3CCOCC3)cc3ncccc23)CC1. The van der Waals surface area contributed by atoms with E-state index in [2.05, 4.69) is 44.3 Å². The molecule has 1 N–H and O–H groups in total. The second-order valence-corrected chi connectivity index (χ2v) is 9.12. The van der Waals surface area contributed by atoms with E-state index in [9.17, 15) is 0 Å². The molecule has 0 unspecified atom stereocenters. The molecule has 4 aromatic rings. The Labute approximate surface area is 198 Å². The van der Waals surface area contributed by atoms with Gasteiger partial charge in [0.25, 0.3) is 0 Å². The van der Waals surface area contributed by atoms with Crippen LogP contribution in [0, 0.1) is 6.92 Å². The number of ether oxygens (including phenoxy) is 2. The number of nitrogens with zero attached hydrogens (tertiary/aromatic N) is 6. The van der Waals surface area contributed by atoms with Crippen molar-refractivity contribution in [3.63, 3.8) is 0 Å². The summed E-state index contributed by atoms with van der Waals surface area (Å²) in [5.41, 5.74) is 4.08. The van der Waals surface area contributed by atoms with Crippen LogP contribution in [0.15, 0.2) is 43.0 Å². The number of aryl methyl sites for hydroxylation is 1. The Morgan fingerprint density at radius 2 is 1.94 bits per heavy atom. The predicted molar refractivity (Wildman–Crippen MR) is 131 cm³/mol. The maximum atomic E-state index is 6.51. The van der Waals surface area contributed by atoms with Crippen LogP contribution in [0.5, 0.6) is 5.88 Å². The summed E-state index contributed by atoms with van der Waals surface area (Å²) < 4.78 is 13.8. The van der Waals surface area contributed by atoms with Crippen LogP contribution in [0.1, 0.15) is 31.2 Å². The summed E-state index contributed by atoms with van der Waals surface area (Å²) in [7, 11) is 0. The molecule has 9 heteroatoms. The highest BCUT2D eigenvalue weighted by atomic mass is 16.5. The minimum atomic E-state index is 0.146. The average Bonchev–Trinajstić information content (AvgIpc) is 3.33. The van der Waals surface area contributed by atoms with Crippen LogP contribution in [0.2, 0.25) is 0 Å². The third kappa shape index (κ3) is 4.23. The zero-order valence-electron chi connectivity index (χ0n) is 19.4. The zero-order chi connectivity index (χ0) is 22.9. The number of hydrogen-bond donors (Lipinski definition) is 1. The fourth-order valence-corrected chi connectivity index (χ4v) is 4.89. The Kier molecular flexibility index (Phi) is 5.62. The lowest BCUT2D eigenvalue weighted by Gasteiger charge is -2.31. The maximum Gasteiger partial charge on any atom is 0.225 e. The first kappa shape index (κ1) is 21.1. The third-order valence-electron chi connectivity index (χ3n) is 6.82. The first-order valence-electron chi connectivity index (χ1n) is 12.0. The molecule has 1 saturated heterocycles. The van der Waals surface area contributed by atoms with Gasteiger partial charge in [-0.1, -0.05) is 0 Å². The quantitative estimate of drug-likeness (QED) is 0.484. The van der Waals surface area contributed by atoms with Crippen LogP contribution in [0.25, 0.3) is 16.6 Å². The summed E-state index contributed by atoms with van der Waals surface area (Å²) in [4.78, 5) is 16.0. The molecule has 34 heavy (non-hydrogen) atoms. The van der Waals surface area contributed by atoms with E-state index in [0.717, 1.165) is 80.0 Å². The van der Waals surface area contributed by atoms with Crippen molar-refractivity contribution in [2.24, 2.45) is 0 Å². The number of rotatable bonds is 5. The molecule has 1 aliphatic heterocycles. The van der Waals surface area contributed by atoms with E-state index < -0.39 is 0 Å². The van der Waals surface area contributed by atoms with Crippen LogP contribution >= 0.6 is 0 Å². The molecule has 9 nitrogen and oxygen atoms in total. The molecular formula is C25H29N7O2. The van der Waals surface area contributed by atoms with Crippen molar-refractivity contribution in [3.05, 3.63) is 48.5 Å². The summed E-state index contributed by atoms with van der Waals surface area (Å²) in [6.45, 7) is 5.22. The Morgan fingerprint density at radius 1 is 1.09 bits per heavy atom. The zero-order valence-corrected chi connectivity index (χ0v) is 19.4. The molecule has 4 aromatic heterocycles. The molecule has 0 amide bonds. The van der Waals surface area contributed by atoms with E-state index in [1.165, 1.54) is 5.56 Å². The van der Waals surface area contributed by atoms with Crippen molar-refractivity contribution in [1.29, 1.82) is 0 Å². The van der Waals surface area contributed by atoms with Crippen LogP contribution in [0.3, 0.4) is 0 Å². The van der Waals surface area contributed by atoms with Crippen LogP contribution in [-0.4, -0.2) is 63.0 Å². The Balaban J connectivity index is 1.15. The number of anilines is 2. The van der Waals surface area contributed by atoms with E-state index in [1.54, 1.807) is 6.33 Å². The van der Waals surface area contributed by atoms with Gasteiger partial charge in [-0.05, 0) is 56.4 Å². The fourth-order valence-electron chi connectivity index (χ4n) is 4.89. The van der Waals surface area contributed by atoms with Gasteiger partial charge in [0.1, 0.15) is 18.2 Å². The molecule has 6 rings (SSSR count). The van der Waals surface area contributed by atoms with Gasteiger partial charge in [-0.2, -0.15) is 10.1 Å². The Hall–Kier alpha value is -3.46. The highest BCUT2D eigenvalue weighted by Crippen LogP contribution is 2.32. The predicted octanol–water partition coefficient (Wildman–Crippen LogP) is 3.62. The molecule has 0 radical (unpaired) electrons. The largest absolute Gasteiger partial charge is 0.474 e. The number of aromatic nitrogens is 5. The van der Waals surface area contributed by atoms with Crippen LogP contribution < -0.4 is 15.0 Å². The van der Waals surface area contributed by atoms with Gasteiger partial charge in [0, 0.05) is 31.4 Å². The lowest BCUT2D eigenvalue weighted by Crippen LogP contribution is -2.37. The van der Waals surface area contributed by atoms with Gasteiger partial charge in [0.15, 0.2) is 5.65 Å². The van der Waals surface area contributed by atoms with E-state index >= 15 is 0 Å². The molecule has 0 aromatic carbocycles. The van der Waals surface area contributed by atoms with Crippen molar-refractivity contribution in [2.45, 2.75) is 44.8 Å². The van der Waals surface area contributed by atoms with Crippen molar-refractivity contribution in [3.8, 4) is 5.88 Å². The van der Waals surface area contributed by atoms with Gasteiger partial charge < -0.3 is 19.7 Å². The second-order valence-electron chi connectivity index (χ2n) is 9.12. The molecule has 1 aliphatic carbocycles. The van der Waals surface area contributed by atoms with Crippen molar-refractivity contribution >= 4 is 28.1 Å². The van der Waals surface area contributed by atoms with Gasteiger partial charge in [-0.15, -0.1) is 0 Å². The number of hydrogen-bond acceptors (Lipinski definition) is 8. The molecule has 2 fully saturated rings.